The summed E-state index contributed by atoms with van der Waals surface area (Å²) in [6.45, 7) is 0. The molecule has 0 aromatic carbocycles. The maximum atomic E-state index is 8.59. The van der Waals surface area contributed by atoms with Gasteiger partial charge in [-0.3, -0.25) is 0 Å². The Kier molecular flexibility index (Phi) is 2.44. The first-order chi connectivity index (χ1) is 5.70. The third-order valence-corrected chi connectivity index (χ3v) is 1.99. The summed E-state index contributed by atoms with van der Waals surface area (Å²) in [6.07, 6.45) is 1.38. The molecule has 0 saturated heterocycles. The molecule has 1 aromatic heterocycles. The molecule has 1 N–H and O–H groups in total. The Hall–Kier alpha value is -1.36. The van der Waals surface area contributed by atoms with Crippen LogP contribution in [0.4, 0.5) is 0 Å². The number of nitrogens with zero attached hydrogens (tertiary/aromatic N) is 2. The Morgan fingerprint density at radius 3 is 2.58 bits per heavy atom. The first kappa shape index (κ1) is 8.73. The third kappa shape index (κ3) is 1.31. The van der Waals surface area contributed by atoms with E-state index in [1.807, 2.05) is 12.1 Å². The highest BCUT2D eigenvalue weighted by atomic mass is 35.5. The second-order valence-corrected chi connectivity index (χ2v) is 2.73. The molecule has 58 valence electrons. The van der Waals surface area contributed by atoms with Crippen molar-refractivity contribution in [2.75, 3.05) is 0 Å². The molecule has 5 heteroatoms. The van der Waals surface area contributed by atoms with Gasteiger partial charge in [0.15, 0.2) is 0 Å². The van der Waals surface area contributed by atoms with E-state index in [1.54, 1.807) is 0 Å². The summed E-state index contributed by atoms with van der Waals surface area (Å²) < 4.78 is 0.198. The van der Waals surface area contributed by atoms with Crippen molar-refractivity contribution in [3.8, 4) is 12.1 Å². The second kappa shape index (κ2) is 3.36. The number of rotatable bonds is 0. The van der Waals surface area contributed by atoms with Gasteiger partial charge >= 0.3 is 0 Å². The van der Waals surface area contributed by atoms with Crippen molar-refractivity contribution >= 4 is 23.8 Å². The summed E-state index contributed by atoms with van der Waals surface area (Å²) in [6, 6.07) is 3.67. The van der Waals surface area contributed by atoms with Crippen LogP contribution in [0.25, 0.3) is 0 Å². The minimum absolute atomic E-state index is 0.144. The molecule has 0 saturated carbocycles. The Labute approximate surface area is 78.8 Å². The molecule has 1 heterocycles. The van der Waals surface area contributed by atoms with Gasteiger partial charge in [0, 0.05) is 6.20 Å². The lowest BCUT2D eigenvalue weighted by molar-refractivity contribution is 1.27. The van der Waals surface area contributed by atoms with Crippen molar-refractivity contribution in [1.29, 1.82) is 10.5 Å². The molecule has 0 aliphatic rings. The van der Waals surface area contributed by atoms with Crippen LogP contribution in [0.5, 0.6) is 0 Å². The average molecular weight is 196 g/mol. The molecule has 0 fully saturated rings. The molecule has 0 atom stereocenters. The fourth-order valence-corrected chi connectivity index (χ4v) is 1.19. The van der Waals surface area contributed by atoms with Gasteiger partial charge < -0.3 is 4.98 Å². The van der Waals surface area contributed by atoms with E-state index in [-0.39, 0.29) is 20.8 Å². The van der Waals surface area contributed by atoms with Gasteiger partial charge in [0.05, 0.1) is 10.1 Å². The van der Waals surface area contributed by atoms with Crippen LogP contribution < -0.4 is 0 Å². The number of aromatic amines is 1. The van der Waals surface area contributed by atoms with E-state index >= 15 is 0 Å². The fourth-order valence-electron chi connectivity index (χ4n) is 0.690. The lowest BCUT2D eigenvalue weighted by Gasteiger charge is -1.95. The molecule has 0 aliphatic heterocycles. The van der Waals surface area contributed by atoms with Crippen molar-refractivity contribution in [3.63, 3.8) is 0 Å². The van der Waals surface area contributed by atoms with Crippen LogP contribution in [-0.2, 0) is 0 Å². The number of H-pyrrole nitrogens is 1. The molecular weight excluding hydrogens is 194 g/mol. The van der Waals surface area contributed by atoms with Crippen LogP contribution in [0, 0.1) is 27.2 Å². The predicted octanol–water partition coefficient (Wildman–Crippen LogP) is 2.14. The van der Waals surface area contributed by atoms with E-state index < -0.39 is 0 Å². The predicted molar refractivity (Wildman–Crippen MR) is 46.1 cm³/mol. The van der Waals surface area contributed by atoms with Crippen LogP contribution in [0.2, 0.25) is 5.15 Å². The van der Waals surface area contributed by atoms with Crippen LogP contribution in [0.3, 0.4) is 0 Å². The highest BCUT2D eigenvalue weighted by molar-refractivity contribution is 7.71. The van der Waals surface area contributed by atoms with Crippen LogP contribution in [0.1, 0.15) is 11.1 Å². The molecule has 0 spiro atoms. The normalized spacial score (nSPS) is 8.58. The van der Waals surface area contributed by atoms with Gasteiger partial charge in [-0.05, 0) is 0 Å². The van der Waals surface area contributed by atoms with Crippen LogP contribution in [0.15, 0.2) is 6.20 Å². The summed E-state index contributed by atoms with van der Waals surface area (Å²) in [5.74, 6) is 0. The zero-order valence-corrected chi connectivity index (χ0v) is 7.33. The van der Waals surface area contributed by atoms with Crippen molar-refractivity contribution in [1.82, 2.24) is 4.98 Å². The van der Waals surface area contributed by atoms with Crippen molar-refractivity contribution in [2.45, 2.75) is 0 Å². The Morgan fingerprint density at radius 2 is 2.08 bits per heavy atom. The van der Waals surface area contributed by atoms with E-state index in [0.717, 1.165) is 0 Å². The fraction of sp³-hybridized carbons (Fsp3) is 0. The van der Waals surface area contributed by atoms with E-state index in [2.05, 4.69) is 4.98 Å². The van der Waals surface area contributed by atoms with Gasteiger partial charge in [0.1, 0.15) is 22.9 Å². The molecule has 0 aliphatic carbocycles. The largest absolute Gasteiger partial charge is 0.350 e. The standard InChI is InChI=1S/C7H2ClN3S/c8-7-5(2-10)6(12)4(1-9)3-11-7/h3H,(H,11,12). The third-order valence-electron chi connectivity index (χ3n) is 1.27. The smallest absolute Gasteiger partial charge is 0.125 e. The van der Waals surface area contributed by atoms with Gasteiger partial charge in [-0.2, -0.15) is 10.5 Å². The van der Waals surface area contributed by atoms with E-state index in [9.17, 15) is 0 Å². The Morgan fingerprint density at radius 1 is 1.42 bits per heavy atom. The maximum absolute atomic E-state index is 8.59. The number of pyridine rings is 1. The first-order valence-electron chi connectivity index (χ1n) is 2.92. The zero-order valence-electron chi connectivity index (χ0n) is 5.76. The van der Waals surface area contributed by atoms with E-state index in [0.29, 0.717) is 0 Å². The number of hydrogen-bond donors (Lipinski definition) is 1. The quantitative estimate of drug-likeness (QED) is 0.510. The van der Waals surface area contributed by atoms with Gasteiger partial charge in [-0.15, -0.1) is 0 Å². The zero-order chi connectivity index (χ0) is 9.14. The highest BCUT2D eigenvalue weighted by Gasteiger charge is 2.04. The summed E-state index contributed by atoms with van der Waals surface area (Å²) in [5, 5.41) is 17.3. The van der Waals surface area contributed by atoms with Gasteiger partial charge in [-0.1, -0.05) is 23.8 Å². The van der Waals surface area contributed by atoms with Gasteiger partial charge in [0.2, 0.25) is 0 Å². The molecular formula is C7H2ClN3S. The van der Waals surface area contributed by atoms with Crippen molar-refractivity contribution in [3.05, 3.63) is 27.0 Å². The Balaban J connectivity index is 3.62. The molecule has 12 heavy (non-hydrogen) atoms. The summed E-state index contributed by atoms with van der Waals surface area (Å²) in [4.78, 5) is 2.56. The van der Waals surface area contributed by atoms with Crippen molar-refractivity contribution < 1.29 is 0 Å². The van der Waals surface area contributed by atoms with E-state index in [4.69, 9.17) is 34.3 Å². The van der Waals surface area contributed by atoms with Gasteiger partial charge in [-0.25, -0.2) is 0 Å². The summed E-state index contributed by atoms with van der Waals surface area (Å²) in [7, 11) is 0. The first-order valence-corrected chi connectivity index (χ1v) is 3.70. The molecule has 0 bridgehead atoms. The number of hydrogen-bond acceptors (Lipinski definition) is 3. The SMILES string of the molecule is N#Cc1c[nH]c(Cl)c(C#N)c1=S. The average Bonchev–Trinajstić information content (AvgIpc) is 2.06. The monoisotopic (exact) mass is 195 g/mol. The number of aromatic nitrogens is 1. The second-order valence-electron chi connectivity index (χ2n) is 1.94. The molecule has 1 aromatic rings. The molecule has 1 rings (SSSR count). The van der Waals surface area contributed by atoms with Crippen LogP contribution >= 0.6 is 23.8 Å². The lowest BCUT2D eigenvalue weighted by atomic mass is 10.2. The minimum atomic E-state index is 0.144. The molecule has 0 unspecified atom stereocenters. The topological polar surface area (TPSA) is 63.4 Å². The number of halogens is 1. The van der Waals surface area contributed by atoms with Crippen LogP contribution in [-0.4, -0.2) is 4.98 Å². The molecule has 3 nitrogen and oxygen atoms in total. The summed E-state index contributed by atoms with van der Waals surface area (Å²) in [5.41, 5.74) is 0.400. The maximum Gasteiger partial charge on any atom is 0.125 e. The number of nitriles is 2. The minimum Gasteiger partial charge on any atom is -0.350 e. The summed E-state index contributed by atoms with van der Waals surface area (Å²) >= 11 is 10.4. The number of nitrogens with one attached hydrogen (secondary N) is 1. The van der Waals surface area contributed by atoms with E-state index in [1.165, 1.54) is 6.20 Å². The molecule has 0 amide bonds. The molecule has 0 radical (unpaired) electrons. The highest BCUT2D eigenvalue weighted by Crippen LogP contribution is 2.15. The van der Waals surface area contributed by atoms with Gasteiger partial charge in [0.25, 0.3) is 0 Å². The Bertz CT molecular complexity index is 449. The van der Waals surface area contributed by atoms with Crippen molar-refractivity contribution in [2.24, 2.45) is 0 Å². The lowest BCUT2D eigenvalue weighted by Crippen LogP contribution is -1.87.